The fourth-order valence-corrected chi connectivity index (χ4v) is 6.03. The molecule has 0 aromatic heterocycles. The summed E-state index contributed by atoms with van der Waals surface area (Å²) in [5, 5.41) is 13.6. The highest BCUT2D eigenvalue weighted by Crippen LogP contribution is 2.33. The number of nitrogen functional groups attached to an aromatic ring is 1. The lowest BCUT2D eigenvalue weighted by molar-refractivity contribution is -0.137. The van der Waals surface area contributed by atoms with E-state index in [4.69, 9.17) is 16.9 Å². The van der Waals surface area contributed by atoms with E-state index in [0.717, 1.165) is 62.6 Å². The standard InChI is InChI=1S/C31H41F3N6O2/c32-31(33,34)24-8-4-7-23(18-24)26(17-20-9-11-25(35)12-10-20)28(41)39-27(22-5-2-1-3-6-22)29(42)38-19-21-13-15-40(16-14-21)30(36)37/h4,7-12,18,21-22,26-27H,1-3,5-6,13-17,19,35H2,(H3,36,37)(H,38,42)(H,39,41)/t26?,27-/m0/s1. The highest BCUT2D eigenvalue weighted by Gasteiger charge is 2.35. The molecule has 8 nitrogen and oxygen atoms in total. The summed E-state index contributed by atoms with van der Waals surface area (Å²) in [6.45, 7) is 1.76. The van der Waals surface area contributed by atoms with Crippen molar-refractivity contribution >= 4 is 23.5 Å². The maximum absolute atomic E-state index is 13.9. The number of anilines is 1. The number of alkyl halides is 3. The minimum atomic E-state index is -4.55. The number of piperidine rings is 1. The number of amides is 2. The summed E-state index contributed by atoms with van der Waals surface area (Å²) in [7, 11) is 0. The van der Waals surface area contributed by atoms with Gasteiger partial charge in [-0.25, -0.2) is 0 Å². The molecule has 1 saturated carbocycles. The van der Waals surface area contributed by atoms with Crippen LogP contribution in [-0.4, -0.2) is 48.3 Å². The van der Waals surface area contributed by atoms with Gasteiger partial charge in [0.05, 0.1) is 11.5 Å². The number of hydrogen-bond donors (Lipinski definition) is 5. The maximum atomic E-state index is 13.9. The summed E-state index contributed by atoms with van der Waals surface area (Å²) < 4.78 is 40.7. The number of nitrogens with one attached hydrogen (secondary N) is 3. The number of guanidine groups is 1. The topological polar surface area (TPSA) is 137 Å². The minimum Gasteiger partial charge on any atom is -0.399 e. The Hall–Kier alpha value is -3.76. The predicted octanol–water partition coefficient (Wildman–Crippen LogP) is 4.40. The Morgan fingerprint density at radius 1 is 0.976 bits per heavy atom. The van der Waals surface area contributed by atoms with Crippen LogP contribution in [0.2, 0.25) is 0 Å². The molecule has 4 rings (SSSR count). The van der Waals surface area contributed by atoms with E-state index in [2.05, 4.69) is 10.6 Å². The molecule has 11 heteroatoms. The largest absolute Gasteiger partial charge is 0.416 e. The smallest absolute Gasteiger partial charge is 0.399 e. The number of nitrogens with zero attached hydrogens (tertiary/aromatic N) is 1. The van der Waals surface area contributed by atoms with Gasteiger partial charge in [0.25, 0.3) is 0 Å². The van der Waals surface area contributed by atoms with Gasteiger partial charge in [-0.1, -0.05) is 49.6 Å². The third-order valence-electron chi connectivity index (χ3n) is 8.57. The van der Waals surface area contributed by atoms with Crippen LogP contribution in [-0.2, 0) is 22.2 Å². The number of benzene rings is 2. The molecule has 0 spiro atoms. The summed E-state index contributed by atoms with van der Waals surface area (Å²) in [4.78, 5) is 29.3. The Morgan fingerprint density at radius 2 is 1.64 bits per heavy atom. The van der Waals surface area contributed by atoms with E-state index < -0.39 is 29.6 Å². The van der Waals surface area contributed by atoms with Crippen molar-refractivity contribution in [2.45, 2.75) is 69.5 Å². The van der Waals surface area contributed by atoms with Gasteiger partial charge >= 0.3 is 6.18 Å². The summed E-state index contributed by atoms with van der Waals surface area (Å²) in [6.07, 6.45) is 1.75. The Morgan fingerprint density at radius 3 is 2.26 bits per heavy atom. The van der Waals surface area contributed by atoms with Crippen molar-refractivity contribution in [2.75, 3.05) is 25.4 Å². The number of likely N-dealkylation sites (tertiary alicyclic amines) is 1. The van der Waals surface area contributed by atoms with Crippen LogP contribution in [0.1, 0.15) is 67.6 Å². The molecule has 2 aromatic carbocycles. The molecule has 2 amide bonds. The van der Waals surface area contributed by atoms with E-state index in [-0.39, 0.29) is 35.7 Å². The van der Waals surface area contributed by atoms with Gasteiger partial charge in [0, 0.05) is 25.3 Å². The van der Waals surface area contributed by atoms with Crippen molar-refractivity contribution in [2.24, 2.45) is 17.6 Å². The average Bonchev–Trinajstić information content (AvgIpc) is 2.98. The zero-order valence-corrected chi connectivity index (χ0v) is 23.8. The second-order valence-electron chi connectivity index (χ2n) is 11.6. The van der Waals surface area contributed by atoms with E-state index in [1.54, 1.807) is 29.2 Å². The van der Waals surface area contributed by atoms with Crippen molar-refractivity contribution in [3.05, 3.63) is 65.2 Å². The maximum Gasteiger partial charge on any atom is 0.416 e. The first-order chi connectivity index (χ1) is 20.0. The number of halogens is 3. The lowest BCUT2D eigenvalue weighted by Gasteiger charge is -2.34. The molecule has 1 unspecified atom stereocenters. The summed E-state index contributed by atoms with van der Waals surface area (Å²) in [6, 6.07) is 11.0. The van der Waals surface area contributed by atoms with Gasteiger partial charge < -0.3 is 27.0 Å². The Bertz CT molecular complexity index is 1220. The first-order valence-corrected chi connectivity index (χ1v) is 14.7. The quantitative estimate of drug-likeness (QED) is 0.169. The molecule has 1 aliphatic heterocycles. The Balaban J connectivity index is 1.53. The van der Waals surface area contributed by atoms with Crippen LogP contribution >= 0.6 is 0 Å². The molecule has 2 fully saturated rings. The lowest BCUT2D eigenvalue weighted by Crippen LogP contribution is -2.53. The van der Waals surface area contributed by atoms with E-state index in [1.807, 2.05) is 0 Å². The molecule has 1 aliphatic carbocycles. The average molecular weight is 587 g/mol. The molecule has 2 aromatic rings. The van der Waals surface area contributed by atoms with Crippen molar-refractivity contribution in [3.8, 4) is 0 Å². The Labute approximate surface area is 244 Å². The molecule has 2 atom stereocenters. The first-order valence-electron chi connectivity index (χ1n) is 14.7. The summed E-state index contributed by atoms with van der Waals surface area (Å²) >= 11 is 0. The van der Waals surface area contributed by atoms with Gasteiger partial charge in [0.2, 0.25) is 11.8 Å². The van der Waals surface area contributed by atoms with Crippen molar-refractivity contribution < 1.29 is 22.8 Å². The third-order valence-corrected chi connectivity index (χ3v) is 8.57. The lowest BCUT2D eigenvalue weighted by atomic mass is 9.82. The second-order valence-corrected chi connectivity index (χ2v) is 11.6. The van der Waals surface area contributed by atoms with Gasteiger partial charge in [0.15, 0.2) is 5.96 Å². The van der Waals surface area contributed by atoms with Crippen LogP contribution in [0.15, 0.2) is 48.5 Å². The fraction of sp³-hybridized carbons (Fsp3) is 0.516. The minimum absolute atomic E-state index is 0.0480. The highest BCUT2D eigenvalue weighted by molar-refractivity contribution is 5.91. The molecule has 1 saturated heterocycles. The number of hydrogen-bond acceptors (Lipinski definition) is 4. The third kappa shape index (κ3) is 8.39. The molecule has 42 heavy (non-hydrogen) atoms. The van der Waals surface area contributed by atoms with Crippen LogP contribution in [0.5, 0.6) is 0 Å². The zero-order valence-electron chi connectivity index (χ0n) is 23.8. The molecule has 228 valence electrons. The molecule has 1 heterocycles. The van der Waals surface area contributed by atoms with Gasteiger partial charge in [0.1, 0.15) is 6.04 Å². The summed E-state index contributed by atoms with van der Waals surface area (Å²) in [5.74, 6) is -1.46. The normalized spacial score (nSPS) is 18.2. The van der Waals surface area contributed by atoms with Crippen LogP contribution in [0, 0.1) is 17.2 Å². The van der Waals surface area contributed by atoms with Gasteiger partial charge in [-0.3, -0.25) is 15.0 Å². The monoisotopic (exact) mass is 586 g/mol. The van der Waals surface area contributed by atoms with Gasteiger partial charge in [-0.2, -0.15) is 13.2 Å². The van der Waals surface area contributed by atoms with E-state index in [1.165, 1.54) is 12.1 Å². The number of rotatable bonds is 9. The van der Waals surface area contributed by atoms with Gasteiger partial charge in [-0.05, 0) is 73.3 Å². The van der Waals surface area contributed by atoms with Crippen LogP contribution < -0.4 is 22.1 Å². The number of nitrogens with two attached hydrogens (primary N) is 2. The molecular formula is C31H41F3N6O2. The van der Waals surface area contributed by atoms with E-state index in [9.17, 15) is 22.8 Å². The van der Waals surface area contributed by atoms with E-state index in [0.29, 0.717) is 25.3 Å². The van der Waals surface area contributed by atoms with Crippen LogP contribution in [0.25, 0.3) is 0 Å². The molecule has 0 radical (unpaired) electrons. The van der Waals surface area contributed by atoms with E-state index >= 15 is 0 Å². The Kier molecular flexibility index (Phi) is 10.3. The number of carbonyl (C=O) groups is 2. The van der Waals surface area contributed by atoms with Crippen LogP contribution in [0.4, 0.5) is 18.9 Å². The summed E-state index contributed by atoms with van der Waals surface area (Å²) in [5.41, 5.74) is 12.1. The van der Waals surface area contributed by atoms with Crippen molar-refractivity contribution in [1.82, 2.24) is 15.5 Å². The molecular weight excluding hydrogens is 545 g/mol. The second kappa shape index (κ2) is 13.9. The number of carbonyl (C=O) groups excluding carboxylic acids is 2. The first kappa shape index (κ1) is 31.2. The highest BCUT2D eigenvalue weighted by atomic mass is 19.4. The molecule has 7 N–H and O–H groups in total. The predicted molar refractivity (Wildman–Crippen MR) is 156 cm³/mol. The van der Waals surface area contributed by atoms with Gasteiger partial charge in [-0.15, -0.1) is 0 Å². The molecule has 0 bridgehead atoms. The fourth-order valence-electron chi connectivity index (χ4n) is 6.03. The van der Waals surface area contributed by atoms with Crippen molar-refractivity contribution in [1.29, 1.82) is 5.41 Å². The van der Waals surface area contributed by atoms with Crippen molar-refractivity contribution in [3.63, 3.8) is 0 Å². The SMILES string of the molecule is N=C(N)N1CCC(CNC(=O)[C@@H](NC(=O)C(Cc2ccc(N)cc2)c2cccc(C(F)(F)F)c2)C2CCCCC2)CC1. The molecule has 2 aliphatic rings. The van der Waals surface area contributed by atoms with Crippen LogP contribution in [0.3, 0.4) is 0 Å². The zero-order chi connectivity index (χ0) is 30.3.